The molecule has 66 valence electrons. The molecule has 0 saturated carbocycles. The molecular formula is CH8Na2O7P2. The normalized spacial score (nSPS) is 15.3. The van der Waals surface area contributed by atoms with Gasteiger partial charge in [-0.15, -0.1) is 0 Å². The summed E-state index contributed by atoms with van der Waals surface area (Å²) in [5, 5.41) is 0. The molecule has 0 spiro atoms. The van der Waals surface area contributed by atoms with Crippen LogP contribution in [-0.4, -0.2) is 21.8 Å². The maximum atomic E-state index is 10.2. The molecule has 0 aromatic heterocycles. The molecule has 0 saturated heterocycles. The Labute approximate surface area is 116 Å². The summed E-state index contributed by atoms with van der Waals surface area (Å²) >= 11 is 0. The van der Waals surface area contributed by atoms with E-state index in [0.717, 1.165) is 7.11 Å². The molecule has 0 aromatic rings. The first kappa shape index (κ1) is 19.8. The van der Waals surface area contributed by atoms with Crippen LogP contribution in [0.4, 0.5) is 0 Å². The van der Waals surface area contributed by atoms with Gasteiger partial charge in [0.1, 0.15) is 0 Å². The average Bonchev–Trinajstić information content (AvgIpc) is 1.60. The minimum Gasteiger partial charge on any atom is -1.00 e. The van der Waals surface area contributed by atoms with E-state index in [-0.39, 0.29) is 62.0 Å². The molecule has 7 nitrogen and oxygen atoms in total. The summed E-state index contributed by atoms with van der Waals surface area (Å²) in [7, 11) is -8.71. The molecule has 0 aliphatic heterocycles. The van der Waals surface area contributed by atoms with E-state index in [1.165, 1.54) is 0 Å². The van der Waals surface area contributed by atoms with Gasteiger partial charge in [-0.1, -0.05) is 0 Å². The van der Waals surface area contributed by atoms with Gasteiger partial charge in [-0.3, -0.25) is 4.52 Å². The first-order valence-corrected chi connectivity index (χ1v) is 4.95. The first-order chi connectivity index (χ1) is 4.27. The molecule has 0 amide bonds. The molecule has 0 radical (unpaired) electrons. The standard InChI is InChI=1S/CH6O7P2.2Na.2H/c1-7-10(5,6)8-9(2,3)4;;;;/h1H3,(H,5,6)(H2,2,3,4);;;;/q;2*+1;2*-1. The molecular weight excluding hydrogens is 232 g/mol. The summed E-state index contributed by atoms with van der Waals surface area (Å²) in [6.07, 6.45) is 0. The van der Waals surface area contributed by atoms with Crippen molar-refractivity contribution in [1.82, 2.24) is 0 Å². The van der Waals surface area contributed by atoms with Gasteiger partial charge in [-0.25, -0.2) is 9.13 Å². The van der Waals surface area contributed by atoms with Crippen molar-refractivity contribution in [3.8, 4) is 0 Å². The van der Waals surface area contributed by atoms with Gasteiger partial charge in [-0.2, -0.15) is 4.31 Å². The van der Waals surface area contributed by atoms with Crippen molar-refractivity contribution in [1.29, 1.82) is 0 Å². The van der Waals surface area contributed by atoms with Crippen LogP contribution < -0.4 is 59.1 Å². The van der Waals surface area contributed by atoms with E-state index in [4.69, 9.17) is 14.7 Å². The summed E-state index contributed by atoms with van der Waals surface area (Å²) in [5.74, 6) is 0. The minimum absolute atomic E-state index is 0. The van der Waals surface area contributed by atoms with E-state index in [1.54, 1.807) is 0 Å². The molecule has 3 N–H and O–H groups in total. The van der Waals surface area contributed by atoms with Crippen LogP contribution in [0, 0.1) is 0 Å². The van der Waals surface area contributed by atoms with E-state index in [9.17, 15) is 9.13 Å². The van der Waals surface area contributed by atoms with Crippen LogP contribution in [0.3, 0.4) is 0 Å². The summed E-state index contributed by atoms with van der Waals surface area (Å²) in [4.78, 5) is 24.2. The van der Waals surface area contributed by atoms with Gasteiger partial charge in [-0.05, 0) is 0 Å². The zero-order valence-electron chi connectivity index (χ0n) is 8.87. The van der Waals surface area contributed by atoms with Crippen LogP contribution in [0.15, 0.2) is 0 Å². The second-order valence-corrected chi connectivity index (χ2v) is 4.16. The van der Waals surface area contributed by atoms with Crippen LogP contribution in [0.5, 0.6) is 0 Å². The molecule has 0 aliphatic rings. The van der Waals surface area contributed by atoms with Gasteiger partial charge in [0.25, 0.3) is 0 Å². The predicted octanol–water partition coefficient (Wildman–Crippen LogP) is -5.92. The Morgan fingerprint density at radius 2 is 1.50 bits per heavy atom. The van der Waals surface area contributed by atoms with Gasteiger partial charge in [0.2, 0.25) is 0 Å². The molecule has 0 heterocycles. The fourth-order valence-electron chi connectivity index (χ4n) is 0.168. The number of phosphoric ester groups is 1. The SMILES string of the molecule is COP(=O)(O)OP(=O)(O)O.[H-].[H-].[Na+].[Na+]. The maximum Gasteiger partial charge on any atom is 1.00 e. The maximum absolute atomic E-state index is 10.2. The number of rotatable bonds is 3. The van der Waals surface area contributed by atoms with Crippen molar-refractivity contribution in [3.63, 3.8) is 0 Å². The van der Waals surface area contributed by atoms with Crippen LogP contribution in [0.2, 0.25) is 0 Å². The van der Waals surface area contributed by atoms with E-state index in [1.807, 2.05) is 0 Å². The van der Waals surface area contributed by atoms with Crippen LogP contribution >= 0.6 is 15.6 Å². The largest absolute Gasteiger partial charge is 1.00 e. The van der Waals surface area contributed by atoms with Gasteiger partial charge < -0.3 is 17.5 Å². The first-order valence-electron chi connectivity index (χ1n) is 1.92. The van der Waals surface area contributed by atoms with Crippen LogP contribution in [0.1, 0.15) is 2.85 Å². The fraction of sp³-hybridized carbons (Fsp3) is 1.00. The van der Waals surface area contributed by atoms with Gasteiger partial charge in [0.15, 0.2) is 0 Å². The van der Waals surface area contributed by atoms with E-state index in [0.29, 0.717) is 0 Å². The minimum atomic E-state index is -4.94. The van der Waals surface area contributed by atoms with Crippen LogP contribution in [0.25, 0.3) is 0 Å². The number of hydrogen-bond acceptors (Lipinski definition) is 4. The van der Waals surface area contributed by atoms with Crippen molar-refractivity contribution < 1.29 is 94.6 Å². The zero-order valence-corrected chi connectivity index (χ0v) is 12.7. The number of hydrogen-bond donors (Lipinski definition) is 3. The second-order valence-electron chi connectivity index (χ2n) is 1.22. The molecule has 0 rings (SSSR count). The molecule has 0 aromatic carbocycles. The summed E-state index contributed by atoms with van der Waals surface area (Å²) in [6.45, 7) is 0. The molecule has 0 fully saturated rings. The average molecular weight is 240 g/mol. The molecule has 1 unspecified atom stereocenters. The third-order valence-corrected chi connectivity index (χ3v) is 2.58. The fourth-order valence-corrected chi connectivity index (χ4v) is 1.51. The topological polar surface area (TPSA) is 113 Å². The van der Waals surface area contributed by atoms with Gasteiger partial charge >= 0.3 is 74.8 Å². The number of phosphoric acid groups is 2. The Kier molecular flexibility index (Phi) is 12.4. The van der Waals surface area contributed by atoms with Crippen molar-refractivity contribution in [2.45, 2.75) is 0 Å². The van der Waals surface area contributed by atoms with Crippen LogP contribution in [-0.2, 0) is 18.0 Å². The molecule has 1 atom stereocenters. The summed E-state index contributed by atoms with van der Waals surface area (Å²) < 4.78 is 27.1. The molecule has 0 aliphatic carbocycles. The van der Waals surface area contributed by atoms with E-state index < -0.39 is 15.6 Å². The van der Waals surface area contributed by atoms with Gasteiger partial charge in [0.05, 0.1) is 0 Å². The molecule has 12 heavy (non-hydrogen) atoms. The van der Waals surface area contributed by atoms with Crippen molar-refractivity contribution in [3.05, 3.63) is 0 Å². The van der Waals surface area contributed by atoms with E-state index in [2.05, 4.69) is 8.83 Å². The second kappa shape index (κ2) is 7.54. The quantitative estimate of drug-likeness (QED) is 0.332. The Hall–Kier alpha value is 2.26. The van der Waals surface area contributed by atoms with Gasteiger partial charge in [0, 0.05) is 7.11 Å². The monoisotopic (exact) mass is 240 g/mol. The summed E-state index contributed by atoms with van der Waals surface area (Å²) in [5.41, 5.74) is 0. The van der Waals surface area contributed by atoms with Crippen molar-refractivity contribution in [2.24, 2.45) is 0 Å². The summed E-state index contributed by atoms with van der Waals surface area (Å²) in [6, 6.07) is 0. The third-order valence-electron chi connectivity index (χ3n) is 0.440. The Morgan fingerprint density at radius 1 is 1.17 bits per heavy atom. The predicted molar refractivity (Wildman–Crippen MR) is 32.2 cm³/mol. The Morgan fingerprint density at radius 3 is 1.58 bits per heavy atom. The Bertz CT molecular complexity index is 206. The smallest absolute Gasteiger partial charge is 1.00 e. The molecule has 11 heteroatoms. The zero-order chi connectivity index (χ0) is 8.41. The van der Waals surface area contributed by atoms with Crippen molar-refractivity contribution in [2.75, 3.05) is 7.11 Å². The van der Waals surface area contributed by atoms with Crippen molar-refractivity contribution >= 4 is 15.6 Å². The third kappa shape index (κ3) is 12.3. The molecule has 0 bridgehead atoms. The van der Waals surface area contributed by atoms with E-state index >= 15 is 0 Å². The Balaban J connectivity index is -0.0000000675.